The number of aliphatic hydroxyl groups excluding tert-OH is 1. The first-order chi connectivity index (χ1) is 22.3. The third-order valence-electron chi connectivity index (χ3n) is 9.66. The molecule has 3 aliphatic rings. The molecule has 3 heterocycles. The van der Waals surface area contributed by atoms with E-state index in [1.54, 1.807) is 28.9 Å². The summed E-state index contributed by atoms with van der Waals surface area (Å²) in [5, 5.41) is 12.3. The molecule has 6 atom stereocenters. The van der Waals surface area contributed by atoms with Gasteiger partial charge in [-0.3, -0.25) is 14.4 Å². The first-order valence-corrected chi connectivity index (χ1v) is 16.0. The van der Waals surface area contributed by atoms with E-state index in [-0.39, 0.29) is 37.4 Å². The van der Waals surface area contributed by atoms with E-state index < -0.39 is 35.6 Å². The summed E-state index contributed by atoms with van der Waals surface area (Å²) in [7, 11) is 0. The molecule has 9 nitrogen and oxygen atoms in total. The number of aliphatic hydroxyl groups is 1. The maximum absolute atomic E-state index is 14.8. The fourth-order valence-electron chi connectivity index (χ4n) is 7.68. The zero-order chi connectivity index (χ0) is 32.6. The summed E-state index contributed by atoms with van der Waals surface area (Å²) in [4.78, 5) is 48.4. The Morgan fingerprint density at radius 2 is 1.67 bits per heavy atom. The number of ether oxygens (including phenoxy) is 2. The molecule has 3 aromatic rings. The maximum atomic E-state index is 14.8. The third kappa shape index (κ3) is 5.08. The number of carbonyl (C=O) groups is 3. The minimum absolute atomic E-state index is 0.209. The monoisotopic (exact) mass is 623 g/mol. The van der Waals surface area contributed by atoms with Crippen molar-refractivity contribution < 1.29 is 29.0 Å². The van der Waals surface area contributed by atoms with Gasteiger partial charge in [-0.15, -0.1) is 13.2 Å². The van der Waals surface area contributed by atoms with Crippen molar-refractivity contribution in [1.82, 2.24) is 4.90 Å². The average molecular weight is 624 g/mol. The number of benzene rings is 3. The lowest BCUT2D eigenvalue weighted by molar-refractivity contribution is -0.143. The van der Waals surface area contributed by atoms with Crippen molar-refractivity contribution in [3.05, 3.63) is 92.0 Å². The zero-order valence-corrected chi connectivity index (χ0v) is 26.4. The maximum Gasteiger partial charge on any atom is 0.253 e. The van der Waals surface area contributed by atoms with Crippen LogP contribution in [0, 0.1) is 11.8 Å². The van der Waals surface area contributed by atoms with Gasteiger partial charge in [0.25, 0.3) is 5.91 Å². The number of hydrogen-bond donors (Lipinski definition) is 1. The number of anilines is 2. The summed E-state index contributed by atoms with van der Waals surface area (Å²) in [5.74, 6) is -1.91. The summed E-state index contributed by atoms with van der Waals surface area (Å²) in [6.07, 6.45) is 3.77. The van der Waals surface area contributed by atoms with Gasteiger partial charge in [-0.2, -0.15) is 0 Å². The van der Waals surface area contributed by atoms with E-state index >= 15 is 0 Å². The number of amides is 3. The molecule has 1 N–H and O–H groups in total. The van der Waals surface area contributed by atoms with Gasteiger partial charge in [-0.05, 0) is 73.9 Å². The summed E-state index contributed by atoms with van der Waals surface area (Å²) < 4.78 is 12.3. The molecule has 3 fully saturated rings. The Morgan fingerprint density at radius 1 is 1.02 bits per heavy atom. The standard InChI is InChI=1S/C37H41N3O6/c1-5-20-38(27-14-16-29(17-15-27)45-7-3)34(42)31-30-18-19-37(46-30)32(31)35(43)40(24(4)23-41)33(37)36(44)39(21-6-2)28-13-12-25-10-8-9-11-26(25)22-28/h5-6,8-17,22,24,30-33,41H,1-2,7,18-21,23H2,3-4H3/t24-,30+,31-,32+,33?,37?/m1/s1. The van der Waals surface area contributed by atoms with E-state index in [0.29, 0.717) is 36.6 Å². The van der Waals surface area contributed by atoms with Gasteiger partial charge in [0, 0.05) is 24.5 Å². The molecule has 0 saturated carbocycles. The van der Waals surface area contributed by atoms with Crippen LogP contribution in [0.5, 0.6) is 5.75 Å². The largest absolute Gasteiger partial charge is 0.494 e. The summed E-state index contributed by atoms with van der Waals surface area (Å²) in [6.45, 7) is 12.0. The number of rotatable bonds is 12. The Hall–Kier alpha value is -4.47. The fourth-order valence-corrected chi connectivity index (χ4v) is 7.68. The number of carbonyl (C=O) groups excluding carboxylic acids is 3. The van der Waals surface area contributed by atoms with Crippen LogP contribution in [0.2, 0.25) is 0 Å². The molecule has 3 aromatic carbocycles. The average Bonchev–Trinajstić information content (AvgIpc) is 3.73. The van der Waals surface area contributed by atoms with Gasteiger partial charge in [0.05, 0.1) is 37.2 Å². The predicted octanol–water partition coefficient (Wildman–Crippen LogP) is 4.73. The number of nitrogens with zero attached hydrogens (tertiary/aromatic N) is 3. The molecule has 9 heteroatoms. The third-order valence-corrected chi connectivity index (χ3v) is 9.66. The van der Waals surface area contributed by atoms with E-state index in [9.17, 15) is 19.5 Å². The van der Waals surface area contributed by atoms with Crippen molar-refractivity contribution >= 4 is 39.9 Å². The van der Waals surface area contributed by atoms with Crippen molar-refractivity contribution in [3.8, 4) is 5.75 Å². The summed E-state index contributed by atoms with van der Waals surface area (Å²) in [5.41, 5.74) is 0.106. The van der Waals surface area contributed by atoms with Crippen molar-refractivity contribution in [3.63, 3.8) is 0 Å². The Morgan fingerprint density at radius 3 is 2.33 bits per heavy atom. The van der Waals surface area contributed by atoms with Gasteiger partial charge in [-0.1, -0.05) is 42.5 Å². The predicted molar refractivity (Wildman–Crippen MR) is 178 cm³/mol. The van der Waals surface area contributed by atoms with Crippen LogP contribution < -0.4 is 14.5 Å². The van der Waals surface area contributed by atoms with Crippen LogP contribution in [0.25, 0.3) is 10.8 Å². The van der Waals surface area contributed by atoms with Crippen LogP contribution in [-0.4, -0.2) is 77.8 Å². The van der Waals surface area contributed by atoms with Gasteiger partial charge in [0.15, 0.2) is 0 Å². The summed E-state index contributed by atoms with van der Waals surface area (Å²) >= 11 is 0. The van der Waals surface area contributed by atoms with Gasteiger partial charge in [0.2, 0.25) is 11.8 Å². The van der Waals surface area contributed by atoms with E-state index in [1.165, 1.54) is 4.90 Å². The van der Waals surface area contributed by atoms with E-state index in [0.717, 1.165) is 10.8 Å². The van der Waals surface area contributed by atoms with Crippen LogP contribution in [0.15, 0.2) is 92.0 Å². The number of likely N-dealkylation sites (tertiary alicyclic amines) is 1. The molecule has 240 valence electrons. The van der Waals surface area contributed by atoms with Crippen LogP contribution in [-0.2, 0) is 19.1 Å². The van der Waals surface area contributed by atoms with Crippen molar-refractivity contribution in [1.29, 1.82) is 0 Å². The Balaban J connectivity index is 1.39. The summed E-state index contributed by atoms with van der Waals surface area (Å²) in [6, 6.07) is 19.3. The topological polar surface area (TPSA) is 99.6 Å². The van der Waals surface area contributed by atoms with Crippen LogP contribution >= 0.6 is 0 Å². The molecule has 3 aliphatic heterocycles. The Labute approximate surface area is 269 Å². The Bertz CT molecular complexity index is 1660. The minimum atomic E-state index is -1.21. The molecular weight excluding hydrogens is 582 g/mol. The van der Waals surface area contributed by atoms with E-state index in [1.807, 2.05) is 73.7 Å². The normalized spacial score (nSPS) is 25.3. The lowest BCUT2D eigenvalue weighted by atomic mass is 9.70. The number of hydrogen-bond acceptors (Lipinski definition) is 6. The molecule has 0 aliphatic carbocycles. The van der Waals surface area contributed by atoms with Crippen molar-refractivity contribution in [2.24, 2.45) is 11.8 Å². The molecular formula is C37H41N3O6. The minimum Gasteiger partial charge on any atom is -0.494 e. The fraction of sp³-hybridized carbons (Fsp3) is 0.378. The molecule has 2 unspecified atom stereocenters. The number of fused-ring (bicyclic) bond motifs is 2. The molecule has 6 rings (SSSR count). The second-order valence-corrected chi connectivity index (χ2v) is 12.3. The van der Waals surface area contributed by atoms with Gasteiger partial charge in [-0.25, -0.2) is 0 Å². The zero-order valence-electron chi connectivity index (χ0n) is 26.4. The smallest absolute Gasteiger partial charge is 0.253 e. The molecule has 46 heavy (non-hydrogen) atoms. The van der Waals surface area contributed by atoms with Crippen LogP contribution in [0.3, 0.4) is 0 Å². The van der Waals surface area contributed by atoms with Gasteiger partial charge >= 0.3 is 0 Å². The molecule has 3 amide bonds. The van der Waals surface area contributed by atoms with Crippen molar-refractivity contribution in [2.45, 2.75) is 50.5 Å². The van der Waals surface area contributed by atoms with Gasteiger partial charge < -0.3 is 29.3 Å². The van der Waals surface area contributed by atoms with E-state index in [2.05, 4.69) is 13.2 Å². The second-order valence-electron chi connectivity index (χ2n) is 12.3. The van der Waals surface area contributed by atoms with Crippen molar-refractivity contribution in [2.75, 3.05) is 36.1 Å². The first-order valence-electron chi connectivity index (χ1n) is 16.0. The second kappa shape index (κ2) is 12.7. The highest BCUT2D eigenvalue weighted by Crippen LogP contribution is 2.59. The molecule has 1 spiro atoms. The molecule has 3 saturated heterocycles. The van der Waals surface area contributed by atoms with Gasteiger partial charge in [0.1, 0.15) is 17.4 Å². The molecule has 0 radical (unpaired) electrons. The highest BCUT2D eigenvalue weighted by Gasteiger charge is 2.75. The molecule has 0 aromatic heterocycles. The quantitative estimate of drug-likeness (QED) is 0.293. The van der Waals surface area contributed by atoms with Crippen LogP contribution in [0.4, 0.5) is 11.4 Å². The lowest BCUT2D eigenvalue weighted by Gasteiger charge is -2.38. The SMILES string of the molecule is C=CCN(C(=O)C1N([C@H](C)CO)C(=O)[C@@H]2[C@H](C(=O)N(CC=C)c3ccc(OCC)cc3)[C@@H]3CCC12O3)c1ccc2ccccc2c1. The highest BCUT2D eigenvalue weighted by molar-refractivity contribution is 6.07. The van der Waals surface area contributed by atoms with E-state index in [4.69, 9.17) is 9.47 Å². The van der Waals surface area contributed by atoms with Crippen LogP contribution in [0.1, 0.15) is 26.7 Å². The first kappa shape index (κ1) is 31.5. The Kier molecular flexibility index (Phi) is 8.72. The molecule has 2 bridgehead atoms. The highest BCUT2D eigenvalue weighted by atomic mass is 16.5. The lowest BCUT2D eigenvalue weighted by Crippen LogP contribution is -2.58.